The second-order valence-corrected chi connectivity index (χ2v) is 7.13. The third-order valence-electron chi connectivity index (χ3n) is 4.99. The van der Waals surface area contributed by atoms with Gasteiger partial charge in [-0.25, -0.2) is 4.99 Å². The van der Waals surface area contributed by atoms with Crippen molar-refractivity contribution in [3.05, 3.63) is 34.9 Å². The second-order valence-electron chi connectivity index (χ2n) is 6.73. The minimum Gasteiger partial charge on any atom is -0.468 e. The summed E-state index contributed by atoms with van der Waals surface area (Å²) in [6.07, 6.45) is 1.88. The molecule has 2 aliphatic rings. The lowest BCUT2D eigenvalue weighted by atomic mass is 9.73. The second kappa shape index (κ2) is 7.41. The number of hydrogen-bond acceptors (Lipinski definition) is 6. The summed E-state index contributed by atoms with van der Waals surface area (Å²) in [6.45, 7) is 0.185. The van der Waals surface area contributed by atoms with E-state index >= 15 is 0 Å². The molecule has 1 heterocycles. The number of benzene rings is 1. The van der Waals surface area contributed by atoms with E-state index in [0.717, 1.165) is 6.42 Å². The Balaban J connectivity index is 1.94. The van der Waals surface area contributed by atoms with E-state index in [2.05, 4.69) is 4.99 Å². The quantitative estimate of drug-likeness (QED) is 0.707. The molecule has 1 aromatic carbocycles. The number of halogens is 1. The van der Waals surface area contributed by atoms with E-state index in [1.165, 1.54) is 0 Å². The van der Waals surface area contributed by atoms with Gasteiger partial charge in [-0.15, -0.1) is 0 Å². The predicted octanol–water partition coefficient (Wildman–Crippen LogP) is 1.51. The summed E-state index contributed by atoms with van der Waals surface area (Å²) < 4.78 is 5.80. The summed E-state index contributed by atoms with van der Waals surface area (Å²) in [5.74, 6) is 0.318. The van der Waals surface area contributed by atoms with Crippen LogP contribution in [0, 0.1) is 0 Å². The lowest BCUT2D eigenvalue weighted by Crippen LogP contribution is -2.54. The van der Waals surface area contributed by atoms with Gasteiger partial charge in [-0.1, -0.05) is 29.8 Å². The molecule has 1 aliphatic carbocycles. The maximum Gasteiger partial charge on any atom is 0.205 e. The number of carbonyl (C=O) groups is 1. The van der Waals surface area contributed by atoms with Crippen molar-refractivity contribution in [1.82, 2.24) is 0 Å². The molecule has 0 radical (unpaired) electrons. The predicted molar refractivity (Wildman–Crippen MR) is 96.6 cm³/mol. The Morgan fingerprint density at radius 2 is 2.16 bits per heavy atom. The molecule has 6 nitrogen and oxygen atoms in total. The Bertz CT molecular complexity index is 681. The van der Waals surface area contributed by atoms with Crippen LogP contribution < -0.4 is 11.5 Å². The van der Waals surface area contributed by atoms with Gasteiger partial charge < -0.3 is 21.3 Å². The topological polar surface area (TPSA) is 111 Å². The fourth-order valence-electron chi connectivity index (χ4n) is 3.56. The molecule has 1 aliphatic heterocycles. The zero-order valence-electron chi connectivity index (χ0n) is 14.0. The molecule has 5 N–H and O–H groups in total. The SMILES string of the molecule is NCC(O)CCC(N)C1=NC2(c3ccccc3Cl)CCC[C@H](O1)C2=O. The number of hydrogen-bond donors (Lipinski definition) is 3. The van der Waals surface area contributed by atoms with E-state index in [1.807, 2.05) is 18.2 Å². The molecule has 3 unspecified atom stereocenters. The van der Waals surface area contributed by atoms with Crippen LogP contribution >= 0.6 is 11.6 Å². The van der Waals surface area contributed by atoms with Crippen molar-refractivity contribution < 1.29 is 14.6 Å². The number of Topliss-reactive ketones (excluding diaryl/α,β-unsaturated/α-hetero) is 1. The molecule has 1 saturated carbocycles. The zero-order chi connectivity index (χ0) is 18.0. The molecule has 1 fully saturated rings. The van der Waals surface area contributed by atoms with Crippen molar-refractivity contribution >= 4 is 23.3 Å². The first-order chi connectivity index (χ1) is 12.0. The van der Waals surface area contributed by atoms with Crippen molar-refractivity contribution in [2.45, 2.75) is 55.9 Å². The van der Waals surface area contributed by atoms with Gasteiger partial charge in [-0.2, -0.15) is 0 Å². The fraction of sp³-hybridized carbons (Fsp3) is 0.556. The maximum atomic E-state index is 13.0. The average Bonchev–Trinajstić information content (AvgIpc) is 2.60. The number of carbonyl (C=O) groups excluding carboxylic acids is 1. The van der Waals surface area contributed by atoms with Gasteiger partial charge in [0.05, 0.1) is 12.1 Å². The van der Waals surface area contributed by atoms with E-state index in [-0.39, 0.29) is 12.3 Å². The Hall–Kier alpha value is -1.47. The molecule has 0 amide bonds. The van der Waals surface area contributed by atoms with Gasteiger partial charge in [0.25, 0.3) is 0 Å². The number of aliphatic hydroxyl groups excluding tert-OH is 1. The van der Waals surface area contributed by atoms with Gasteiger partial charge in [-0.05, 0) is 38.2 Å². The van der Waals surface area contributed by atoms with Gasteiger partial charge in [-0.3, -0.25) is 4.79 Å². The summed E-state index contributed by atoms with van der Waals surface area (Å²) in [6, 6.07) is 6.81. The van der Waals surface area contributed by atoms with Crippen molar-refractivity contribution in [1.29, 1.82) is 0 Å². The molecule has 136 valence electrons. The number of ether oxygens (including phenoxy) is 1. The summed E-state index contributed by atoms with van der Waals surface area (Å²) >= 11 is 6.37. The molecule has 0 aromatic heterocycles. The molecule has 3 rings (SSSR count). The molecule has 7 heteroatoms. The number of rotatable bonds is 6. The van der Waals surface area contributed by atoms with Crippen molar-refractivity contribution in [2.24, 2.45) is 16.5 Å². The minimum absolute atomic E-state index is 0.0511. The first-order valence-electron chi connectivity index (χ1n) is 8.67. The Labute approximate surface area is 152 Å². The molecular weight excluding hydrogens is 342 g/mol. The lowest BCUT2D eigenvalue weighted by molar-refractivity contribution is -0.137. The van der Waals surface area contributed by atoms with Gasteiger partial charge in [0.2, 0.25) is 11.7 Å². The number of nitrogens with two attached hydrogens (primary N) is 2. The van der Waals surface area contributed by atoms with Gasteiger partial charge in [0.1, 0.15) is 0 Å². The van der Waals surface area contributed by atoms with Crippen LogP contribution in [-0.2, 0) is 15.1 Å². The van der Waals surface area contributed by atoms with Crippen molar-refractivity contribution in [3.63, 3.8) is 0 Å². The van der Waals surface area contributed by atoms with E-state index < -0.39 is 23.8 Å². The Morgan fingerprint density at radius 3 is 2.88 bits per heavy atom. The maximum absolute atomic E-state index is 13.0. The summed E-state index contributed by atoms with van der Waals surface area (Å²) in [7, 11) is 0. The van der Waals surface area contributed by atoms with E-state index in [0.29, 0.717) is 42.2 Å². The third kappa shape index (κ3) is 3.44. The number of aliphatic hydroxyl groups is 1. The number of aliphatic imine (C=N–C) groups is 1. The molecule has 0 spiro atoms. The minimum atomic E-state index is -1.01. The van der Waals surface area contributed by atoms with Crippen LogP contribution in [0.15, 0.2) is 29.3 Å². The molecule has 1 aromatic rings. The van der Waals surface area contributed by atoms with Gasteiger partial charge in [0, 0.05) is 17.1 Å². The van der Waals surface area contributed by atoms with Gasteiger partial charge >= 0.3 is 0 Å². The zero-order valence-corrected chi connectivity index (χ0v) is 14.8. The van der Waals surface area contributed by atoms with E-state index in [1.54, 1.807) is 6.07 Å². The monoisotopic (exact) mass is 365 g/mol. The highest BCUT2D eigenvalue weighted by Gasteiger charge is 2.52. The highest BCUT2D eigenvalue weighted by molar-refractivity contribution is 6.32. The fourth-order valence-corrected chi connectivity index (χ4v) is 3.85. The van der Waals surface area contributed by atoms with Crippen LogP contribution in [0.1, 0.15) is 37.7 Å². The number of nitrogens with zero attached hydrogens (tertiary/aromatic N) is 1. The van der Waals surface area contributed by atoms with E-state index in [9.17, 15) is 9.90 Å². The van der Waals surface area contributed by atoms with Crippen LogP contribution in [-0.4, -0.2) is 41.6 Å². The van der Waals surface area contributed by atoms with E-state index in [4.69, 9.17) is 27.8 Å². The summed E-state index contributed by atoms with van der Waals surface area (Å²) in [4.78, 5) is 17.6. The van der Waals surface area contributed by atoms with Gasteiger partial charge in [0.15, 0.2) is 11.6 Å². The number of ketones is 1. The smallest absolute Gasteiger partial charge is 0.205 e. The Kier molecular flexibility index (Phi) is 5.43. The standard InChI is InChI=1S/C18H24ClN3O3/c19-13-5-2-1-4-12(13)18-9-3-6-15(16(18)24)25-17(22-18)14(21)8-7-11(23)10-20/h1-2,4-5,11,14-15,23H,3,6-10,20-21H2/t11?,14?,15-,18?/m0/s1. The summed E-state index contributed by atoms with van der Waals surface area (Å²) in [5.41, 5.74) is 11.3. The molecule has 25 heavy (non-hydrogen) atoms. The largest absolute Gasteiger partial charge is 0.468 e. The lowest BCUT2D eigenvalue weighted by Gasteiger charge is -2.42. The third-order valence-corrected chi connectivity index (χ3v) is 5.32. The van der Waals surface area contributed by atoms with Crippen LogP contribution in [0.25, 0.3) is 0 Å². The van der Waals surface area contributed by atoms with Crippen molar-refractivity contribution in [2.75, 3.05) is 6.54 Å². The number of fused-ring (bicyclic) bond motifs is 2. The average molecular weight is 366 g/mol. The first kappa shape index (κ1) is 18.3. The van der Waals surface area contributed by atoms with Crippen LogP contribution in [0.4, 0.5) is 0 Å². The highest BCUT2D eigenvalue weighted by Crippen LogP contribution is 2.44. The normalized spacial score (nSPS) is 28.1. The molecule has 0 saturated heterocycles. The molecule has 2 bridgehead atoms. The summed E-state index contributed by atoms with van der Waals surface area (Å²) in [5, 5.41) is 10.2. The Morgan fingerprint density at radius 1 is 1.40 bits per heavy atom. The highest BCUT2D eigenvalue weighted by atomic mass is 35.5. The van der Waals surface area contributed by atoms with Crippen molar-refractivity contribution in [3.8, 4) is 0 Å². The molecular formula is C18H24ClN3O3. The van der Waals surface area contributed by atoms with Crippen LogP contribution in [0.5, 0.6) is 0 Å². The molecule has 4 atom stereocenters. The van der Waals surface area contributed by atoms with Crippen LogP contribution in [0.2, 0.25) is 5.02 Å². The van der Waals surface area contributed by atoms with Crippen LogP contribution in [0.3, 0.4) is 0 Å². The first-order valence-corrected chi connectivity index (χ1v) is 9.05.